The van der Waals surface area contributed by atoms with Crippen molar-refractivity contribution in [3.63, 3.8) is 0 Å². The molecule has 0 unspecified atom stereocenters. The summed E-state index contributed by atoms with van der Waals surface area (Å²) in [6.45, 7) is 0. The van der Waals surface area contributed by atoms with E-state index in [1.54, 1.807) is 0 Å². The Labute approximate surface area is 78.4 Å². The molecule has 0 aromatic heterocycles. The van der Waals surface area contributed by atoms with Crippen molar-refractivity contribution in [2.45, 2.75) is 18.4 Å². The van der Waals surface area contributed by atoms with Gasteiger partial charge in [0, 0.05) is 12.0 Å². The Morgan fingerprint density at radius 2 is 2.00 bits per heavy atom. The highest BCUT2D eigenvalue weighted by atomic mass is 35.5. The lowest BCUT2D eigenvalue weighted by molar-refractivity contribution is 0.801. The van der Waals surface area contributed by atoms with Gasteiger partial charge in [-0.05, 0) is 23.5 Å². The predicted molar refractivity (Wildman–Crippen MR) is 51.6 cm³/mol. The summed E-state index contributed by atoms with van der Waals surface area (Å²) in [5.41, 5.74) is 8.94. The minimum Gasteiger partial charge on any atom is -0.327 e. The molecule has 0 spiro atoms. The van der Waals surface area contributed by atoms with Crippen molar-refractivity contribution in [3.05, 3.63) is 35.4 Å². The van der Waals surface area contributed by atoms with Crippen LogP contribution in [0.1, 0.15) is 17.0 Å². The summed E-state index contributed by atoms with van der Waals surface area (Å²) in [4.78, 5) is 0. The lowest BCUT2D eigenvalue weighted by Crippen LogP contribution is -2.08. The van der Waals surface area contributed by atoms with Gasteiger partial charge in [-0.25, -0.2) is 0 Å². The van der Waals surface area contributed by atoms with Gasteiger partial charge in [0.25, 0.3) is 0 Å². The number of fused-ring (bicyclic) bond motifs is 3. The maximum atomic E-state index is 5.89. The number of rotatable bonds is 0. The van der Waals surface area contributed by atoms with Crippen LogP contribution in [-0.4, -0.2) is 6.04 Å². The molecule has 1 fully saturated rings. The Hall–Kier alpha value is -0.530. The Morgan fingerprint density at radius 1 is 1.25 bits per heavy atom. The number of hydrogen-bond donors (Lipinski definition) is 1. The van der Waals surface area contributed by atoms with E-state index >= 15 is 0 Å². The topological polar surface area (TPSA) is 26.0 Å². The lowest BCUT2D eigenvalue weighted by atomic mass is 10.1. The van der Waals surface area contributed by atoms with Crippen LogP contribution in [0.2, 0.25) is 0 Å². The minimum atomic E-state index is 0. The van der Waals surface area contributed by atoms with E-state index < -0.39 is 0 Å². The smallest absolute Gasteiger partial charge is 0.0149 e. The van der Waals surface area contributed by atoms with Crippen molar-refractivity contribution in [2.24, 2.45) is 11.7 Å². The van der Waals surface area contributed by atoms with Crippen LogP contribution in [0.4, 0.5) is 0 Å². The van der Waals surface area contributed by atoms with Gasteiger partial charge in [0.1, 0.15) is 0 Å². The molecule has 3 atom stereocenters. The van der Waals surface area contributed by atoms with Crippen molar-refractivity contribution in [1.82, 2.24) is 0 Å². The van der Waals surface area contributed by atoms with E-state index in [4.69, 9.17) is 5.73 Å². The third-order valence-corrected chi connectivity index (χ3v) is 3.10. The lowest BCUT2D eigenvalue weighted by Gasteiger charge is -2.02. The van der Waals surface area contributed by atoms with Gasteiger partial charge in [-0.1, -0.05) is 24.3 Å². The molecule has 2 N–H and O–H groups in total. The molecule has 12 heavy (non-hydrogen) atoms. The second-order valence-corrected chi connectivity index (χ2v) is 3.67. The van der Waals surface area contributed by atoms with Gasteiger partial charge >= 0.3 is 0 Å². The van der Waals surface area contributed by atoms with E-state index in [0.29, 0.717) is 12.0 Å². The molecule has 0 radical (unpaired) electrons. The molecule has 1 aromatic rings. The summed E-state index contributed by atoms with van der Waals surface area (Å²) in [5.74, 6) is 1.50. The second kappa shape index (κ2) is 2.48. The van der Waals surface area contributed by atoms with Gasteiger partial charge in [0.15, 0.2) is 0 Å². The second-order valence-electron chi connectivity index (χ2n) is 3.67. The van der Waals surface area contributed by atoms with E-state index in [1.807, 2.05) is 0 Å². The van der Waals surface area contributed by atoms with Crippen molar-refractivity contribution in [2.75, 3.05) is 0 Å². The molecule has 1 aromatic carbocycles. The van der Waals surface area contributed by atoms with Crippen LogP contribution in [0.3, 0.4) is 0 Å². The monoisotopic (exact) mass is 181 g/mol. The maximum absolute atomic E-state index is 5.89. The molecule has 64 valence electrons. The minimum absolute atomic E-state index is 0. The largest absolute Gasteiger partial charge is 0.327 e. The van der Waals surface area contributed by atoms with Gasteiger partial charge in [-0.2, -0.15) is 0 Å². The highest BCUT2D eigenvalue weighted by Gasteiger charge is 2.53. The van der Waals surface area contributed by atoms with Gasteiger partial charge in [0.05, 0.1) is 0 Å². The van der Waals surface area contributed by atoms with E-state index in [-0.39, 0.29) is 12.4 Å². The summed E-state index contributed by atoms with van der Waals surface area (Å²) < 4.78 is 0. The van der Waals surface area contributed by atoms with Crippen molar-refractivity contribution < 1.29 is 0 Å². The third-order valence-electron chi connectivity index (χ3n) is 3.10. The zero-order valence-electron chi connectivity index (χ0n) is 6.73. The number of hydrogen-bond acceptors (Lipinski definition) is 1. The maximum Gasteiger partial charge on any atom is 0.0149 e. The van der Waals surface area contributed by atoms with Crippen LogP contribution >= 0.6 is 12.4 Å². The van der Waals surface area contributed by atoms with E-state index in [0.717, 1.165) is 5.92 Å². The van der Waals surface area contributed by atoms with Crippen LogP contribution in [-0.2, 0) is 6.42 Å². The van der Waals surface area contributed by atoms with Gasteiger partial charge in [0.2, 0.25) is 0 Å². The van der Waals surface area contributed by atoms with Crippen molar-refractivity contribution >= 4 is 12.4 Å². The van der Waals surface area contributed by atoms with Gasteiger partial charge in [-0.15, -0.1) is 12.4 Å². The molecular formula is C10H12ClN. The van der Waals surface area contributed by atoms with Crippen LogP contribution in [0.5, 0.6) is 0 Å². The summed E-state index contributed by atoms with van der Waals surface area (Å²) in [6.07, 6.45) is 1.22. The number of nitrogens with two attached hydrogens (primary N) is 1. The Bertz CT molecular complexity index is 310. The zero-order valence-corrected chi connectivity index (χ0v) is 7.55. The van der Waals surface area contributed by atoms with E-state index in [9.17, 15) is 0 Å². The highest BCUT2D eigenvalue weighted by molar-refractivity contribution is 5.85. The Morgan fingerprint density at radius 3 is 2.83 bits per heavy atom. The molecule has 0 aliphatic heterocycles. The normalized spacial score (nSPS) is 34.9. The summed E-state index contributed by atoms with van der Waals surface area (Å²) in [6, 6.07) is 9.17. The average Bonchev–Trinajstić information content (AvgIpc) is 2.55. The van der Waals surface area contributed by atoms with E-state index in [2.05, 4.69) is 24.3 Å². The van der Waals surface area contributed by atoms with Gasteiger partial charge < -0.3 is 5.73 Å². The molecule has 2 aliphatic carbocycles. The molecule has 0 saturated heterocycles. The first kappa shape index (κ1) is 8.09. The Kier molecular flexibility index (Phi) is 1.67. The molecule has 0 amide bonds. The van der Waals surface area contributed by atoms with Crippen molar-refractivity contribution in [3.8, 4) is 0 Å². The summed E-state index contributed by atoms with van der Waals surface area (Å²) >= 11 is 0. The quantitative estimate of drug-likeness (QED) is 0.648. The summed E-state index contributed by atoms with van der Waals surface area (Å²) in [5, 5.41) is 0. The fourth-order valence-corrected chi connectivity index (χ4v) is 2.40. The fraction of sp³-hybridized carbons (Fsp3) is 0.400. The van der Waals surface area contributed by atoms with Crippen LogP contribution in [0, 0.1) is 5.92 Å². The van der Waals surface area contributed by atoms with E-state index in [1.165, 1.54) is 17.5 Å². The first-order valence-corrected chi connectivity index (χ1v) is 4.21. The standard InChI is InChI=1S/C10H11N.ClH/c11-10-8-5-6-3-1-2-4-7(6)9(8)10;/h1-4,8-10H,5,11H2;1H/t8-,9+,10-;/m1./s1. The SMILES string of the molecule is Cl.N[C@@H]1[C@@H]2Cc3ccccc3[C@H]12. The fourth-order valence-electron chi connectivity index (χ4n) is 2.40. The molecule has 0 bridgehead atoms. The molecule has 1 saturated carbocycles. The zero-order chi connectivity index (χ0) is 7.42. The van der Waals surface area contributed by atoms with Crippen LogP contribution in [0.25, 0.3) is 0 Å². The summed E-state index contributed by atoms with van der Waals surface area (Å²) in [7, 11) is 0. The van der Waals surface area contributed by atoms with Gasteiger partial charge in [-0.3, -0.25) is 0 Å². The Balaban J connectivity index is 0.000000563. The number of halogens is 1. The molecular weight excluding hydrogens is 170 g/mol. The molecule has 2 heteroatoms. The first-order chi connectivity index (χ1) is 5.38. The highest BCUT2D eigenvalue weighted by Crippen LogP contribution is 2.54. The van der Waals surface area contributed by atoms with Crippen LogP contribution < -0.4 is 5.73 Å². The predicted octanol–water partition coefficient (Wildman–Crippen LogP) is 1.71. The molecule has 3 rings (SSSR count). The first-order valence-electron chi connectivity index (χ1n) is 4.21. The molecule has 0 heterocycles. The van der Waals surface area contributed by atoms with Crippen molar-refractivity contribution in [1.29, 1.82) is 0 Å². The molecule has 1 nitrogen and oxygen atoms in total. The average molecular weight is 182 g/mol. The third kappa shape index (κ3) is 0.838. The van der Waals surface area contributed by atoms with Crippen LogP contribution in [0.15, 0.2) is 24.3 Å². The number of benzene rings is 1. The molecule has 2 aliphatic rings.